The highest BCUT2D eigenvalue weighted by molar-refractivity contribution is 7.91. The zero-order valence-corrected chi connectivity index (χ0v) is 15.8. The van der Waals surface area contributed by atoms with Gasteiger partial charge in [-0.2, -0.15) is 0 Å². The van der Waals surface area contributed by atoms with E-state index in [0.29, 0.717) is 5.92 Å². The molecule has 0 aliphatic carbocycles. The molecule has 2 N–H and O–H groups in total. The highest BCUT2D eigenvalue weighted by Crippen LogP contribution is 2.23. The number of hydrogen-bond acceptors (Lipinski definition) is 4. The van der Waals surface area contributed by atoms with Crippen molar-refractivity contribution in [2.24, 2.45) is 5.92 Å². The maximum atomic E-state index is 12.0. The molecule has 1 aromatic rings. The zero-order chi connectivity index (χ0) is 16.2. The second-order valence-electron chi connectivity index (χ2n) is 6.54. The van der Waals surface area contributed by atoms with Gasteiger partial charge < -0.3 is 10.6 Å². The number of piperidine rings is 1. The van der Waals surface area contributed by atoms with E-state index in [0.717, 1.165) is 25.2 Å². The molecule has 0 amide bonds. The lowest BCUT2D eigenvalue weighted by Gasteiger charge is -2.29. The van der Waals surface area contributed by atoms with Gasteiger partial charge >= 0.3 is 0 Å². The maximum absolute atomic E-state index is 12.0. The Morgan fingerprint density at radius 2 is 1.96 bits per heavy atom. The van der Waals surface area contributed by atoms with Crippen molar-refractivity contribution in [2.75, 3.05) is 25.9 Å². The summed E-state index contributed by atoms with van der Waals surface area (Å²) in [7, 11) is -3.09. The molecule has 1 aliphatic heterocycles. The van der Waals surface area contributed by atoms with Crippen LogP contribution in [0.4, 0.5) is 0 Å². The number of sulfone groups is 1. The molecule has 2 rings (SSSR count). The van der Waals surface area contributed by atoms with Gasteiger partial charge in [-0.3, -0.25) is 0 Å². The van der Waals surface area contributed by atoms with Crippen molar-refractivity contribution in [3.8, 4) is 0 Å². The molecule has 1 aromatic carbocycles. The minimum Gasteiger partial charge on any atom is -0.316 e. The molecule has 0 radical (unpaired) electrons. The summed E-state index contributed by atoms with van der Waals surface area (Å²) in [5, 5.41) is 6.48. The Bertz CT molecular complexity index is 569. The standard InChI is InChI=1S/C17H28N2O2S.ClH/c1-13-6-8-16(9-7-13)17(14(2)22(3,20)21)19-12-15-5-4-10-18-11-15;/h6-9,14-15,17-19H,4-5,10-12H2,1-3H3;1H. The first-order valence-corrected chi connectivity index (χ1v) is 10.0. The normalized spacial score (nSPS) is 21.3. The lowest BCUT2D eigenvalue weighted by molar-refractivity contribution is 0.342. The van der Waals surface area contributed by atoms with Gasteiger partial charge in [-0.05, 0) is 57.8 Å². The van der Waals surface area contributed by atoms with Crippen LogP contribution >= 0.6 is 12.4 Å². The van der Waals surface area contributed by atoms with Gasteiger partial charge in [0.1, 0.15) is 0 Å². The highest BCUT2D eigenvalue weighted by Gasteiger charge is 2.28. The summed E-state index contributed by atoms with van der Waals surface area (Å²) in [6.45, 7) is 6.80. The van der Waals surface area contributed by atoms with Crippen molar-refractivity contribution in [3.63, 3.8) is 0 Å². The summed E-state index contributed by atoms with van der Waals surface area (Å²) in [6, 6.07) is 8.00. The molecule has 0 spiro atoms. The lowest BCUT2D eigenvalue weighted by atomic mass is 9.97. The topological polar surface area (TPSA) is 58.2 Å². The minimum absolute atomic E-state index is 0. The third-order valence-electron chi connectivity index (χ3n) is 4.61. The second kappa shape index (κ2) is 9.02. The largest absolute Gasteiger partial charge is 0.316 e. The SMILES string of the molecule is Cc1ccc(C(NCC2CCCNC2)C(C)S(C)(=O)=O)cc1.Cl. The van der Waals surface area contributed by atoms with Crippen molar-refractivity contribution in [1.82, 2.24) is 10.6 Å². The monoisotopic (exact) mass is 360 g/mol. The van der Waals surface area contributed by atoms with E-state index in [9.17, 15) is 8.42 Å². The molecule has 1 heterocycles. The van der Waals surface area contributed by atoms with Gasteiger partial charge in [-0.15, -0.1) is 12.4 Å². The Hall–Kier alpha value is -0.620. The summed E-state index contributed by atoms with van der Waals surface area (Å²) in [4.78, 5) is 0. The van der Waals surface area contributed by atoms with Crippen LogP contribution in [0.1, 0.15) is 36.9 Å². The van der Waals surface area contributed by atoms with Gasteiger partial charge in [0, 0.05) is 12.3 Å². The van der Waals surface area contributed by atoms with Crippen LogP contribution in [0.5, 0.6) is 0 Å². The molecule has 1 fully saturated rings. The van der Waals surface area contributed by atoms with E-state index in [1.54, 1.807) is 6.92 Å². The summed E-state index contributed by atoms with van der Waals surface area (Å²) in [5.41, 5.74) is 2.23. The number of benzene rings is 1. The Morgan fingerprint density at radius 1 is 1.30 bits per heavy atom. The van der Waals surface area contributed by atoms with Crippen LogP contribution in [0.2, 0.25) is 0 Å². The molecule has 1 saturated heterocycles. The van der Waals surface area contributed by atoms with E-state index in [2.05, 4.69) is 10.6 Å². The van der Waals surface area contributed by atoms with Crippen LogP contribution in [0.15, 0.2) is 24.3 Å². The van der Waals surface area contributed by atoms with Crippen molar-refractivity contribution < 1.29 is 8.42 Å². The van der Waals surface area contributed by atoms with Gasteiger partial charge in [0.25, 0.3) is 0 Å². The molecule has 4 nitrogen and oxygen atoms in total. The van der Waals surface area contributed by atoms with Crippen molar-refractivity contribution >= 4 is 22.2 Å². The van der Waals surface area contributed by atoms with Crippen LogP contribution < -0.4 is 10.6 Å². The number of rotatable bonds is 6. The smallest absolute Gasteiger partial charge is 0.151 e. The number of nitrogens with one attached hydrogen (secondary N) is 2. The second-order valence-corrected chi connectivity index (χ2v) is 8.95. The van der Waals surface area contributed by atoms with Crippen molar-refractivity contribution in [2.45, 2.75) is 38.0 Å². The number of halogens is 1. The van der Waals surface area contributed by atoms with Crippen molar-refractivity contribution in [3.05, 3.63) is 35.4 Å². The Balaban J connectivity index is 0.00000264. The molecule has 23 heavy (non-hydrogen) atoms. The number of aryl methyl sites for hydroxylation is 1. The predicted octanol–water partition coefficient (Wildman–Crippen LogP) is 2.48. The van der Waals surface area contributed by atoms with E-state index in [-0.39, 0.29) is 18.4 Å². The van der Waals surface area contributed by atoms with E-state index in [4.69, 9.17) is 0 Å². The molecule has 3 atom stereocenters. The van der Waals surface area contributed by atoms with Gasteiger partial charge in [-0.1, -0.05) is 29.8 Å². The molecular formula is C17H29ClN2O2S. The fraction of sp³-hybridized carbons (Fsp3) is 0.647. The zero-order valence-electron chi connectivity index (χ0n) is 14.2. The van der Waals surface area contributed by atoms with Gasteiger partial charge in [-0.25, -0.2) is 8.42 Å². The quantitative estimate of drug-likeness (QED) is 0.818. The van der Waals surface area contributed by atoms with Gasteiger partial charge in [0.05, 0.1) is 5.25 Å². The first-order chi connectivity index (χ1) is 10.4. The molecule has 6 heteroatoms. The highest BCUT2D eigenvalue weighted by atomic mass is 35.5. The van der Waals surface area contributed by atoms with Crippen LogP contribution in [-0.2, 0) is 9.84 Å². The summed E-state index contributed by atoms with van der Waals surface area (Å²) in [6.07, 6.45) is 3.72. The average Bonchev–Trinajstić information content (AvgIpc) is 2.49. The Labute approximate surface area is 146 Å². The lowest BCUT2D eigenvalue weighted by Crippen LogP contribution is -2.41. The van der Waals surface area contributed by atoms with E-state index in [1.165, 1.54) is 24.7 Å². The van der Waals surface area contributed by atoms with Gasteiger partial charge in [0.2, 0.25) is 0 Å². The molecule has 0 bridgehead atoms. The predicted molar refractivity (Wildman–Crippen MR) is 99.1 cm³/mol. The number of hydrogen-bond donors (Lipinski definition) is 2. The first-order valence-electron chi connectivity index (χ1n) is 8.07. The fourth-order valence-corrected chi connectivity index (χ4v) is 3.72. The minimum atomic E-state index is -3.09. The van der Waals surface area contributed by atoms with E-state index < -0.39 is 15.1 Å². The average molecular weight is 361 g/mol. The molecule has 0 saturated carbocycles. The Kier molecular flexibility index (Phi) is 8.01. The molecular weight excluding hydrogens is 332 g/mol. The Morgan fingerprint density at radius 3 is 2.48 bits per heavy atom. The molecule has 3 unspecified atom stereocenters. The molecule has 1 aliphatic rings. The van der Waals surface area contributed by atoms with Crippen LogP contribution in [0, 0.1) is 12.8 Å². The van der Waals surface area contributed by atoms with Crippen LogP contribution in [-0.4, -0.2) is 39.6 Å². The van der Waals surface area contributed by atoms with Gasteiger partial charge in [0.15, 0.2) is 9.84 Å². The third kappa shape index (κ3) is 6.07. The molecule has 0 aromatic heterocycles. The third-order valence-corrected chi connectivity index (χ3v) is 6.23. The summed E-state index contributed by atoms with van der Waals surface area (Å²) >= 11 is 0. The first kappa shape index (κ1) is 20.4. The van der Waals surface area contributed by atoms with Crippen molar-refractivity contribution in [1.29, 1.82) is 0 Å². The molecule has 132 valence electrons. The fourth-order valence-electron chi connectivity index (χ4n) is 2.97. The summed E-state index contributed by atoms with van der Waals surface area (Å²) < 4.78 is 24.0. The van der Waals surface area contributed by atoms with Crippen LogP contribution in [0.25, 0.3) is 0 Å². The van der Waals surface area contributed by atoms with E-state index >= 15 is 0 Å². The maximum Gasteiger partial charge on any atom is 0.151 e. The van der Waals surface area contributed by atoms with Crippen LogP contribution in [0.3, 0.4) is 0 Å². The summed E-state index contributed by atoms with van der Waals surface area (Å²) in [5.74, 6) is 0.577. The van der Waals surface area contributed by atoms with E-state index in [1.807, 2.05) is 31.2 Å².